The van der Waals surface area contributed by atoms with E-state index in [1.165, 1.54) is 12.1 Å². The van der Waals surface area contributed by atoms with Crippen LogP contribution in [-0.4, -0.2) is 31.4 Å². The molecular weight excluding hydrogens is 271 g/mol. The molecule has 1 aromatic rings. The average Bonchev–Trinajstić information content (AvgIpc) is 2.56. The fourth-order valence-electron chi connectivity index (χ4n) is 2.14. The zero-order valence-corrected chi connectivity index (χ0v) is 11.3. The first-order valence-corrected chi connectivity index (χ1v) is 7.61. The van der Waals surface area contributed by atoms with Crippen LogP contribution in [0.3, 0.4) is 0 Å². The monoisotopic (exact) mass is 286 g/mol. The third-order valence-corrected chi connectivity index (χ3v) is 5.08. The SMILES string of the molecule is CC1(NC(=O)c2ccc(F)c(N)c2)CCS(=O)(=O)C1. The van der Waals surface area contributed by atoms with Crippen molar-refractivity contribution in [3.05, 3.63) is 29.6 Å². The first-order valence-electron chi connectivity index (χ1n) is 5.79. The molecule has 0 saturated carbocycles. The fourth-order valence-corrected chi connectivity index (χ4v) is 4.23. The lowest BCUT2D eigenvalue weighted by Crippen LogP contribution is -2.46. The Hall–Kier alpha value is -1.63. The van der Waals surface area contributed by atoms with Crippen LogP contribution < -0.4 is 11.1 Å². The Balaban J connectivity index is 2.15. The van der Waals surface area contributed by atoms with Crippen LogP contribution in [0.4, 0.5) is 10.1 Å². The van der Waals surface area contributed by atoms with Gasteiger partial charge in [-0.1, -0.05) is 0 Å². The van der Waals surface area contributed by atoms with Crippen LogP contribution in [0, 0.1) is 5.82 Å². The Morgan fingerprint density at radius 2 is 2.16 bits per heavy atom. The Kier molecular flexibility index (Phi) is 3.25. The highest BCUT2D eigenvalue weighted by molar-refractivity contribution is 7.91. The molecule has 0 spiro atoms. The summed E-state index contributed by atoms with van der Waals surface area (Å²) in [4.78, 5) is 12.0. The van der Waals surface area contributed by atoms with Crippen LogP contribution in [0.15, 0.2) is 18.2 Å². The maximum absolute atomic E-state index is 13.0. The zero-order valence-electron chi connectivity index (χ0n) is 10.4. The summed E-state index contributed by atoms with van der Waals surface area (Å²) in [5.41, 5.74) is 4.71. The highest BCUT2D eigenvalue weighted by Crippen LogP contribution is 2.23. The molecule has 1 atom stereocenters. The van der Waals surface area contributed by atoms with Gasteiger partial charge < -0.3 is 11.1 Å². The Morgan fingerprint density at radius 1 is 1.47 bits per heavy atom. The lowest BCUT2D eigenvalue weighted by Gasteiger charge is -2.23. The van der Waals surface area contributed by atoms with Gasteiger partial charge in [0.2, 0.25) is 0 Å². The van der Waals surface area contributed by atoms with Gasteiger partial charge in [-0.25, -0.2) is 12.8 Å². The number of nitrogen functional groups attached to an aromatic ring is 1. The normalized spacial score (nSPS) is 25.2. The predicted octanol–water partition coefficient (Wildman–Crippen LogP) is 0.715. The number of rotatable bonds is 2. The Morgan fingerprint density at radius 3 is 2.68 bits per heavy atom. The molecule has 19 heavy (non-hydrogen) atoms. The molecule has 2 rings (SSSR count). The van der Waals surface area contributed by atoms with Crippen LogP contribution in [0.5, 0.6) is 0 Å². The van der Waals surface area contributed by atoms with Gasteiger partial charge in [0, 0.05) is 5.56 Å². The van der Waals surface area contributed by atoms with Gasteiger partial charge in [-0.3, -0.25) is 4.79 Å². The third kappa shape index (κ3) is 3.04. The minimum atomic E-state index is -3.10. The first kappa shape index (κ1) is 13.8. The van der Waals surface area contributed by atoms with E-state index in [0.717, 1.165) is 6.07 Å². The summed E-state index contributed by atoms with van der Waals surface area (Å²) < 4.78 is 35.9. The van der Waals surface area contributed by atoms with E-state index in [1.54, 1.807) is 6.92 Å². The predicted molar refractivity (Wildman–Crippen MR) is 70.0 cm³/mol. The molecule has 0 aromatic heterocycles. The third-order valence-electron chi connectivity index (χ3n) is 3.18. The quantitative estimate of drug-likeness (QED) is 0.784. The van der Waals surface area contributed by atoms with E-state index in [2.05, 4.69) is 5.32 Å². The molecular formula is C12H15FN2O3S. The molecule has 3 N–H and O–H groups in total. The molecule has 7 heteroatoms. The van der Waals surface area contributed by atoms with Crippen LogP contribution in [0.1, 0.15) is 23.7 Å². The number of hydrogen-bond donors (Lipinski definition) is 2. The average molecular weight is 286 g/mol. The molecule has 5 nitrogen and oxygen atoms in total. The van der Waals surface area contributed by atoms with E-state index in [-0.39, 0.29) is 22.8 Å². The molecule has 0 radical (unpaired) electrons. The maximum atomic E-state index is 13.0. The van der Waals surface area contributed by atoms with Crippen molar-refractivity contribution in [2.75, 3.05) is 17.2 Å². The lowest BCUT2D eigenvalue weighted by molar-refractivity contribution is 0.0915. The molecule has 104 valence electrons. The summed E-state index contributed by atoms with van der Waals surface area (Å²) in [7, 11) is -3.10. The molecule has 1 aliphatic rings. The van der Waals surface area contributed by atoms with Crippen LogP contribution in [0.2, 0.25) is 0 Å². The molecule has 1 aromatic carbocycles. The molecule has 0 bridgehead atoms. The summed E-state index contributed by atoms with van der Waals surface area (Å²) in [6, 6.07) is 3.66. The number of carbonyl (C=O) groups is 1. The largest absolute Gasteiger partial charge is 0.396 e. The van der Waals surface area contributed by atoms with Crippen LogP contribution >= 0.6 is 0 Å². The summed E-state index contributed by atoms with van der Waals surface area (Å²) in [5.74, 6) is -1.06. The van der Waals surface area contributed by atoms with Crippen molar-refractivity contribution in [2.45, 2.75) is 18.9 Å². The molecule has 1 saturated heterocycles. The van der Waals surface area contributed by atoms with Crippen molar-refractivity contribution in [3.63, 3.8) is 0 Å². The van der Waals surface area contributed by atoms with Crippen LogP contribution in [0.25, 0.3) is 0 Å². The second kappa shape index (κ2) is 4.48. The van der Waals surface area contributed by atoms with Gasteiger partial charge in [0.1, 0.15) is 5.82 Å². The van der Waals surface area contributed by atoms with E-state index < -0.39 is 27.1 Å². The number of anilines is 1. The Bertz CT molecular complexity index is 630. The number of amides is 1. The van der Waals surface area contributed by atoms with Crippen molar-refractivity contribution in [1.29, 1.82) is 0 Å². The second-order valence-electron chi connectivity index (χ2n) is 5.09. The first-order chi connectivity index (χ1) is 8.71. The molecule has 1 aliphatic heterocycles. The van der Waals surface area contributed by atoms with E-state index in [9.17, 15) is 17.6 Å². The van der Waals surface area contributed by atoms with Gasteiger partial charge in [-0.15, -0.1) is 0 Å². The van der Waals surface area contributed by atoms with E-state index in [0.29, 0.717) is 6.42 Å². The Labute approximate surface area is 110 Å². The van der Waals surface area contributed by atoms with Gasteiger partial charge in [-0.2, -0.15) is 0 Å². The molecule has 1 unspecified atom stereocenters. The standard InChI is InChI=1S/C12H15FN2O3S/c1-12(4-5-19(17,18)7-12)15-11(16)8-2-3-9(13)10(14)6-8/h2-3,6H,4-5,7,14H2,1H3,(H,15,16). The van der Waals surface area contributed by atoms with Crippen molar-refractivity contribution in [1.82, 2.24) is 5.32 Å². The van der Waals surface area contributed by atoms with Gasteiger partial charge in [0.05, 0.1) is 22.7 Å². The zero-order chi connectivity index (χ0) is 14.3. The number of sulfone groups is 1. The highest BCUT2D eigenvalue weighted by Gasteiger charge is 2.39. The second-order valence-corrected chi connectivity index (χ2v) is 7.28. The van der Waals surface area contributed by atoms with Crippen LogP contribution in [-0.2, 0) is 9.84 Å². The minimum Gasteiger partial charge on any atom is -0.396 e. The van der Waals surface area contributed by atoms with Gasteiger partial charge in [-0.05, 0) is 31.5 Å². The van der Waals surface area contributed by atoms with Gasteiger partial charge in [0.25, 0.3) is 5.91 Å². The number of benzene rings is 1. The van der Waals surface area contributed by atoms with Crippen molar-refractivity contribution in [2.24, 2.45) is 0 Å². The van der Waals surface area contributed by atoms with E-state index in [4.69, 9.17) is 5.73 Å². The number of carbonyl (C=O) groups excluding carboxylic acids is 1. The number of halogens is 1. The number of nitrogens with one attached hydrogen (secondary N) is 1. The fraction of sp³-hybridized carbons (Fsp3) is 0.417. The number of nitrogens with two attached hydrogens (primary N) is 1. The molecule has 1 fully saturated rings. The van der Waals surface area contributed by atoms with E-state index >= 15 is 0 Å². The highest BCUT2D eigenvalue weighted by atomic mass is 32.2. The molecule has 1 amide bonds. The minimum absolute atomic E-state index is 0.0648. The summed E-state index contributed by atoms with van der Waals surface area (Å²) >= 11 is 0. The van der Waals surface area contributed by atoms with Gasteiger partial charge >= 0.3 is 0 Å². The van der Waals surface area contributed by atoms with Gasteiger partial charge in [0.15, 0.2) is 9.84 Å². The molecule has 1 heterocycles. The summed E-state index contributed by atoms with van der Waals surface area (Å²) in [6.45, 7) is 1.68. The lowest BCUT2D eigenvalue weighted by atomic mass is 10.0. The van der Waals surface area contributed by atoms with E-state index in [1.807, 2.05) is 0 Å². The molecule has 0 aliphatic carbocycles. The number of hydrogen-bond acceptors (Lipinski definition) is 4. The topological polar surface area (TPSA) is 89.3 Å². The van der Waals surface area contributed by atoms with Crippen molar-refractivity contribution >= 4 is 21.4 Å². The van der Waals surface area contributed by atoms with Crippen molar-refractivity contribution in [3.8, 4) is 0 Å². The van der Waals surface area contributed by atoms with Crippen molar-refractivity contribution < 1.29 is 17.6 Å². The smallest absolute Gasteiger partial charge is 0.251 e. The summed E-state index contributed by atoms with van der Waals surface area (Å²) in [5, 5.41) is 2.68. The maximum Gasteiger partial charge on any atom is 0.251 e. The summed E-state index contributed by atoms with van der Waals surface area (Å²) in [6.07, 6.45) is 0.373.